The minimum atomic E-state index is -6.09. The standard InChI is InChI=1S/C50H58Cl2N2O2.2CHF3O3S/c1-35(21-17-23-37(3)27-29-41-39(5)47(55)43(33-49(41,7)8)53-31-15-13-25-45(53)51)19-11-12-20-36(2)22-18-24-38(4)28-30-42-40(6)48(56)44(34-50(42,9)10)54-32-16-14-26-46(54)52;2*2-1(3,4)8(5,6)7/h11-32,43-44H,33-34H2,1-10H3;2*(H,5,6,7)/q+2;;/p-2/b12-11+,21-17+,22-18+,29-27+,30-28+,35-19+,36-20+,37-23+,38-24+;;. The highest BCUT2D eigenvalue weighted by Crippen LogP contribution is 2.44. The molecule has 0 N–H and O–H groups in total. The average molecular weight is 1090 g/mol. The Morgan fingerprint density at radius 2 is 0.847 bits per heavy atom. The van der Waals surface area contributed by atoms with Gasteiger partial charge in [-0.15, -0.1) is 0 Å². The lowest BCUT2D eigenvalue weighted by molar-refractivity contribution is -0.709. The molecule has 0 spiro atoms. The third-order valence-corrected chi connectivity index (χ3v) is 13.0. The van der Waals surface area contributed by atoms with Crippen LogP contribution in [0.4, 0.5) is 26.3 Å². The van der Waals surface area contributed by atoms with Crippen LogP contribution < -0.4 is 9.13 Å². The Labute approximate surface area is 428 Å². The Balaban J connectivity index is 0.000000951. The maximum atomic E-state index is 13.4. The number of allylic oxidation sites excluding steroid dienone is 22. The minimum absolute atomic E-state index is 0.116. The summed E-state index contributed by atoms with van der Waals surface area (Å²) in [6, 6.07) is 10.6. The summed E-state index contributed by atoms with van der Waals surface area (Å²) in [6.07, 6.45) is 34.2. The fourth-order valence-corrected chi connectivity index (χ4v) is 7.94. The van der Waals surface area contributed by atoms with E-state index in [1.54, 1.807) is 0 Å². The summed E-state index contributed by atoms with van der Waals surface area (Å²) in [5, 5.41) is 1.14. The summed E-state index contributed by atoms with van der Waals surface area (Å²) in [5.74, 6) is 0.232. The number of ketones is 2. The number of pyridine rings is 2. The van der Waals surface area contributed by atoms with Crippen LogP contribution in [-0.4, -0.2) is 48.5 Å². The van der Waals surface area contributed by atoms with Crippen molar-refractivity contribution in [2.24, 2.45) is 10.8 Å². The van der Waals surface area contributed by atoms with Gasteiger partial charge < -0.3 is 9.11 Å². The first kappa shape index (κ1) is 62.9. The van der Waals surface area contributed by atoms with E-state index < -0.39 is 31.3 Å². The summed E-state index contributed by atoms with van der Waals surface area (Å²) in [7, 11) is -12.2. The van der Waals surface area contributed by atoms with Crippen molar-refractivity contribution in [1.82, 2.24) is 0 Å². The first-order chi connectivity index (χ1) is 32.9. The number of nitrogens with zero attached hydrogens (tertiary/aromatic N) is 2. The molecule has 2 aromatic heterocycles. The van der Waals surface area contributed by atoms with Gasteiger partial charge >= 0.3 is 11.0 Å². The number of Topliss-reactive ketones (excluding diaryl/α,β-unsaturated/α-hetero) is 2. The van der Waals surface area contributed by atoms with Gasteiger partial charge in [0.1, 0.15) is 0 Å². The molecule has 20 heteroatoms. The van der Waals surface area contributed by atoms with Gasteiger partial charge in [0.05, 0.1) is 0 Å². The van der Waals surface area contributed by atoms with Crippen LogP contribution in [0.2, 0.25) is 10.3 Å². The van der Waals surface area contributed by atoms with E-state index in [2.05, 4.69) is 128 Å². The van der Waals surface area contributed by atoms with Gasteiger partial charge in [-0.3, -0.25) is 9.59 Å². The Hall–Kier alpha value is -5.24. The van der Waals surface area contributed by atoms with E-state index in [0.29, 0.717) is 23.1 Å². The van der Waals surface area contributed by atoms with Crippen molar-refractivity contribution in [3.63, 3.8) is 0 Å². The van der Waals surface area contributed by atoms with E-state index in [9.17, 15) is 35.9 Å². The van der Waals surface area contributed by atoms with Crippen LogP contribution in [0, 0.1) is 10.8 Å². The van der Waals surface area contributed by atoms with Crippen LogP contribution in [0.5, 0.6) is 0 Å². The zero-order chi connectivity index (χ0) is 55.2. The molecule has 0 amide bonds. The second kappa shape index (κ2) is 26.1. The summed E-state index contributed by atoms with van der Waals surface area (Å²) in [5.41, 5.74) is -3.47. The van der Waals surface area contributed by atoms with E-state index in [1.165, 1.54) is 0 Å². The smallest absolute Gasteiger partial charge is 0.485 e. The molecule has 0 saturated carbocycles. The predicted octanol–water partition coefficient (Wildman–Crippen LogP) is 12.7. The monoisotopic (exact) mass is 1090 g/mol. The van der Waals surface area contributed by atoms with Crippen LogP contribution in [0.3, 0.4) is 0 Å². The minimum Gasteiger partial charge on any atom is -0.741 e. The zero-order valence-corrected chi connectivity index (χ0v) is 44.4. The third-order valence-electron chi connectivity index (χ3n) is 11.2. The second-order valence-electron chi connectivity index (χ2n) is 18.1. The summed E-state index contributed by atoms with van der Waals surface area (Å²) in [4.78, 5) is 26.8. The molecule has 0 aliphatic heterocycles. The maximum absolute atomic E-state index is 13.4. The molecular formula is C52H58Cl2F6N2O8S2. The summed E-state index contributed by atoms with van der Waals surface area (Å²) in [6.45, 7) is 20.9. The van der Waals surface area contributed by atoms with Crippen LogP contribution in [-0.2, 0) is 29.8 Å². The molecule has 4 rings (SSSR count). The van der Waals surface area contributed by atoms with E-state index in [1.807, 2.05) is 83.9 Å². The Bertz CT molecular complexity index is 2720. The fraction of sp³-hybridized carbons (Fsp3) is 0.346. The number of hydrogen-bond acceptors (Lipinski definition) is 8. The molecule has 392 valence electrons. The molecule has 0 bridgehead atoms. The van der Waals surface area contributed by atoms with E-state index in [0.717, 1.165) is 44.6 Å². The van der Waals surface area contributed by atoms with E-state index >= 15 is 0 Å². The molecule has 0 fully saturated rings. The lowest BCUT2D eigenvalue weighted by Gasteiger charge is -2.34. The van der Waals surface area contributed by atoms with Gasteiger partial charge in [0, 0.05) is 48.3 Å². The van der Waals surface area contributed by atoms with Gasteiger partial charge in [-0.2, -0.15) is 35.5 Å². The van der Waals surface area contributed by atoms with Crippen molar-refractivity contribution in [1.29, 1.82) is 0 Å². The largest absolute Gasteiger partial charge is 0.741 e. The number of hydrogen-bond donors (Lipinski definition) is 0. The molecule has 2 aromatic rings. The molecule has 2 unspecified atom stereocenters. The van der Waals surface area contributed by atoms with Crippen molar-refractivity contribution in [3.8, 4) is 0 Å². The second-order valence-corrected chi connectivity index (χ2v) is 21.6. The van der Waals surface area contributed by atoms with Crippen molar-refractivity contribution < 1.29 is 71.0 Å². The number of carbonyl (C=O) groups excluding carboxylic acids is 2. The molecule has 2 heterocycles. The molecule has 0 radical (unpaired) electrons. The summed E-state index contributed by atoms with van der Waals surface area (Å²) < 4.78 is 122. The highest BCUT2D eigenvalue weighted by Gasteiger charge is 2.45. The van der Waals surface area contributed by atoms with Crippen LogP contribution >= 0.6 is 23.2 Å². The lowest BCUT2D eigenvalue weighted by atomic mass is 9.70. The topological polar surface area (TPSA) is 156 Å². The number of halogens is 8. The molecule has 72 heavy (non-hydrogen) atoms. The van der Waals surface area contributed by atoms with Gasteiger partial charge in [0.15, 0.2) is 32.6 Å². The Morgan fingerprint density at radius 1 is 0.569 bits per heavy atom. The summed E-state index contributed by atoms with van der Waals surface area (Å²) >= 11 is 12.9. The first-order valence-corrected chi connectivity index (χ1v) is 25.4. The van der Waals surface area contributed by atoms with Gasteiger partial charge in [-0.05, 0) is 98.9 Å². The fourth-order valence-electron chi connectivity index (χ4n) is 7.45. The first-order valence-electron chi connectivity index (χ1n) is 21.9. The molecule has 10 nitrogen and oxygen atoms in total. The Kier molecular flexibility index (Phi) is 22.8. The average Bonchev–Trinajstić information content (AvgIpc) is 3.24. The van der Waals surface area contributed by atoms with Crippen molar-refractivity contribution in [2.45, 2.75) is 105 Å². The molecule has 2 aliphatic carbocycles. The number of alkyl halides is 6. The molecule has 2 atom stereocenters. The van der Waals surface area contributed by atoms with Gasteiger partial charge in [0.25, 0.3) is 10.3 Å². The van der Waals surface area contributed by atoms with Gasteiger partial charge in [0.2, 0.25) is 23.7 Å². The molecule has 2 aliphatic rings. The number of aromatic nitrogens is 2. The highest BCUT2D eigenvalue weighted by molar-refractivity contribution is 7.86. The van der Waals surface area contributed by atoms with Gasteiger partial charge in [-0.25, -0.2) is 16.8 Å². The quantitative estimate of drug-likeness (QED) is 0.0508. The SMILES string of the molecule is CC1=C(/C=C/C(C)=C/C=C/C(C)=C/C=C/C=C(C)/C=C/C=C(C)/C=C/C2=C(C)C(=O)C([n+]3ccccc3Cl)CC2(C)C)C(C)(C)CC([n+]2ccccc2Cl)C1=O.O=S(=O)([O-])C(F)(F)F.O=S(=O)([O-])C(F)(F)F. The molecular weight excluding hydrogens is 1030 g/mol. The zero-order valence-electron chi connectivity index (χ0n) is 41.3. The van der Waals surface area contributed by atoms with E-state index in [-0.39, 0.29) is 34.5 Å². The predicted molar refractivity (Wildman–Crippen MR) is 266 cm³/mol. The van der Waals surface area contributed by atoms with Crippen molar-refractivity contribution in [2.75, 3.05) is 0 Å². The molecule has 0 aromatic carbocycles. The highest BCUT2D eigenvalue weighted by atomic mass is 35.5. The lowest BCUT2D eigenvalue weighted by Crippen LogP contribution is -2.49. The number of rotatable bonds is 12. The van der Waals surface area contributed by atoms with Crippen LogP contribution in [0.25, 0.3) is 0 Å². The van der Waals surface area contributed by atoms with Crippen LogP contribution in [0.15, 0.2) is 178 Å². The third kappa shape index (κ3) is 19.0. The van der Waals surface area contributed by atoms with Crippen molar-refractivity contribution in [3.05, 3.63) is 189 Å². The van der Waals surface area contributed by atoms with E-state index in [4.69, 9.17) is 49.1 Å². The molecule has 0 saturated heterocycles. The Morgan fingerprint density at radius 3 is 1.12 bits per heavy atom. The van der Waals surface area contributed by atoms with Gasteiger partial charge in [-0.1, -0.05) is 135 Å². The maximum Gasteiger partial charge on any atom is 0.485 e. The van der Waals surface area contributed by atoms with Crippen molar-refractivity contribution >= 4 is 55.0 Å². The number of carbonyl (C=O) groups is 2. The van der Waals surface area contributed by atoms with Crippen LogP contribution in [0.1, 0.15) is 94.2 Å². The normalized spacial score (nSPS) is 20.0.